The average molecular weight is 491 g/mol. The highest BCUT2D eigenvalue weighted by Crippen LogP contribution is 2.43. The number of nitrogens with zero attached hydrogens (tertiary/aromatic N) is 1. The van der Waals surface area contributed by atoms with Gasteiger partial charge >= 0.3 is 0 Å². The van der Waals surface area contributed by atoms with Crippen molar-refractivity contribution >= 4 is 21.6 Å². The quantitative estimate of drug-likeness (QED) is 0.555. The molecule has 1 heterocycles. The molecule has 3 unspecified atom stereocenters. The fraction of sp³-hybridized carbons (Fsp3) is 0.538. The van der Waals surface area contributed by atoms with Gasteiger partial charge in [-0.15, -0.1) is 0 Å². The maximum Gasteiger partial charge on any atom is 0.212 e. The summed E-state index contributed by atoms with van der Waals surface area (Å²) in [5.74, 6) is 0.659. The van der Waals surface area contributed by atoms with Crippen LogP contribution in [0.25, 0.3) is 0 Å². The Labute approximate surface area is 201 Å². The van der Waals surface area contributed by atoms with Gasteiger partial charge in [0.25, 0.3) is 0 Å². The maximum atomic E-state index is 15.1. The SMILES string of the molecule is NS(=O)(=O)C(CCc1cc2c(cc1F)CC(CN1CCC1)C2Cc1cccc(Cl)c1)C1CC1. The van der Waals surface area contributed by atoms with Crippen LogP contribution >= 0.6 is 11.6 Å². The fourth-order valence-electron chi connectivity index (χ4n) is 5.79. The normalized spacial score (nSPS) is 23.8. The van der Waals surface area contributed by atoms with Crippen LogP contribution in [0.15, 0.2) is 36.4 Å². The number of benzene rings is 2. The predicted octanol–water partition coefficient (Wildman–Crippen LogP) is 4.68. The molecule has 0 bridgehead atoms. The number of likely N-dealkylation sites (tertiary alicyclic amines) is 1. The second-order valence-electron chi connectivity index (χ2n) is 10.2. The van der Waals surface area contributed by atoms with Crippen LogP contribution in [0.1, 0.15) is 53.9 Å². The minimum Gasteiger partial charge on any atom is -0.303 e. The van der Waals surface area contributed by atoms with E-state index in [2.05, 4.69) is 11.0 Å². The van der Waals surface area contributed by atoms with Gasteiger partial charge in [0.15, 0.2) is 0 Å². The molecular weight excluding hydrogens is 459 g/mol. The average Bonchev–Trinajstić information content (AvgIpc) is 3.48. The molecule has 3 atom stereocenters. The van der Waals surface area contributed by atoms with Crippen LogP contribution in [0.4, 0.5) is 4.39 Å². The second kappa shape index (κ2) is 9.29. The highest BCUT2D eigenvalue weighted by molar-refractivity contribution is 7.89. The number of primary sulfonamides is 1. The van der Waals surface area contributed by atoms with E-state index in [9.17, 15) is 8.42 Å². The van der Waals surface area contributed by atoms with Crippen molar-refractivity contribution in [3.8, 4) is 0 Å². The molecule has 3 aliphatic rings. The van der Waals surface area contributed by atoms with E-state index in [4.69, 9.17) is 16.7 Å². The lowest BCUT2D eigenvalue weighted by atomic mass is 9.85. The fourth-order valence-corrected chi connectivity index (χ4v) is 7.25. The molecule has 2 aromatic rings. The first-order valence-corrected chi connectivity index (χ1v) is 14.1. The number of aryl methyl sites for hydroxylation is 1. The van der Waals surface area contributed by atoms with Gasteiger partial charge in [0.05, 0.1) is 5.25 Å². The highest BCUT2D eigenvalue weighted by Gasteiger charge is 2.39. The molecule has 2 fully saturated rings. The summed E-state index contributed by atoms with van der Waals surface area (Å²) in [7, 11) is -3.61. The largest absolute Gasteiger partial charge is 0.303 e. The van der Waals surface area contributed by atoms with Crippen molar-refractivity contribution in [3.05, 3.63) is 69.5 Å². The summed E-state index contributed by atoms with van der Waals surface area (Å²) in [4.78, 5) is 2.49. The number of nitrogens with two attached hydrogens (primary N) is 1. The van der Waals surface area contributed by atoms with E-state index < -0.39 is 15.3 Å². The minimum absolute atomic E-state index is 0.133. The molecule has 5 rings (SSSR count). The smallest absolute Gasteiger partial charge is 0.212 e. The Morgan fingerprint density at radius 3 is 2.61 bits per heavy atom. The number of sulfonamides is 1. The monoisotopic (exact) mass is 490 g/mol. The molecule has 1 saturated carbocycles. The van der Waals surface area contributed by atoms with Crippen LogP contribution in [0.2, 0.25) is 5.02 Å². The highest BCUT2D eigenvalue weighted by atomic mass is 35.5. The molecule has 0 spiro atoms. The summed E-state index contributed by atoms with van der Waals surface area (Å²) >= 11 is 6.25. The van der Waals surface area contributed by atoms with Crippen molar-refractivity contribution < 1.29 is 12.8 Å². The summed E-state index contributed by atoms with van der Waals surface area (Å²) in [6.45, 7) is 3.32. The minimum atomic E-state index is -3.61. The molecular formula is C26H32ClFN2O2S. The van der Waals surface area contributed by atoms with Crippen molar-refractivity contribution in [2.45, 2.75) is 56.1 Å². The number of hydrogen-bond donors (Lipinski definition) is 1. The summed E-state index contributed by atoms with van der Waals surface area (Å²) in [6.07, 6.45) is 5.59. The molecule has 4 nitrogen and oxygen atoms in total. The first kappa shape index (κ1) is 23.3. The van der Waals surface area contributed by atoms with Gasteiger partial charge in [0, 0.05) is 11.6 Å². The topological polar surface area (TPSA) is 63.4 Å². The molecule has 2 aliphatic carbocycles. The number of fused-ring (bicyclic) bond motifs is 1. The van der Waals surface area contributed by atoms with Crippen LogP contribution in [0, 0.1) is 17.7 Å². The lowest BCUT2D eigenvalue weighted by Crippen LogP contribution is -2.41. The van der Waals surface area contributed by atoms with Crippen molar-refractivity contribution in [1.82, 2.24) is 4.90 Å². The van der Waals surface area contributed by atoms with E-state index >= 15 is 4.39 Å². The molecule has 178 valence electrons. The van der Waals surface area contributed by atoms with Crippen molar-refractivity contribution in [1.29, 1.82) is 0 Å². The maximum absolute atomic E-state index is 15.1. The van der Waals surface area contributed by atoms with Crippen molar-refractivity contribution in [3.63, 3.8) is 0 Å². The van der Waals surface area contributed by atoms with Gasteiger partial charge in [-0.2, -0.15) is 0 Å². The molecule has 0 amide bonds. The zero-order valence-corrected chi connectivity index (χ0v) is 20.4. The Kier molecular flexibility index (Phi) is 6.55. The molecule has 1 aliphatic heterocycles. The summed E-state index contributed by atoms with van der Waals surface area (Å²) in [5.41, 5.74) is 4.13. The molecule has 7 heteroatoms. The molecule has 0 aromatic heterocycles. The second-order valence-corrected chi connectivity index (χ2v) is 12.4. The van der Waals surface area contributed by atoms with Crippen molar-refractivity contribution in [2.75, 3.05) is 19.6 Å². The summed E-state index contributed by atoms with van der Waals surface area (Å²) in [5, 5.41) is 5.65. The number of rotatable bonds is 9. The third-order valence-corrected chi connectivity index (χ3v) is 9.51. The van der Waals surface area contributed by atoms with Crippen LogP contribution < -0.4 is 5.14 Å². The van der Waals surface area contributed by atoms with Crippen LogP contribution in [-0.2, 0) is 29.3 Å². The Bertz CT molecular complexity index is 1130. The van der Waals surface area contributed by atoms with E-state index in [1.165, 1.54) is 17.5 Å². The Morgan fingerprint density at radius 1 is 1.18 bits per heavy atom. The lowest BCUT2D eigenvalue weighted by Gasteiger charge is -2.35. The molecule has 2 N–H and O–H groups in total. The van der Waals surface area contributed by atoms with Gasteiger partial charge < -0.3 is 4.90 Å². The lowest BCUT2D eigenvalue weighted by molar-refractivity contribution is 0.145. The number of halogens is 2. The zero-order valence-electron chi connectivity index (χ0n) is 18.8. The summed E-state index contributed by atoms with van der Waals surface area (Å²) in [6, 6.07) is 11.7. The Balaban J connectivity index is 1.40. The summed E-state index contributed by atoms with van der Waals surface area (Å²) < 4.78 is 39.1. The Hall–Kier alpha value is -1.47. The van der Waals surface area contributed by atoms with E-state index in [0.29, 0.717) is 30.2 Å². The van der Waals surface area contributed by atoms with E-state index in [0.717, 1.165) is 55.9 Å². The van der Waals surface area contributed by atoms with E-state index in [-0.39, 0.29) is 11.7 Å². The number of hydrogen-bond acceptors (Lipinski definition) is 3. The third kappa shape index (κ3) is 5.29. The van der Waals surface area contributed by atoms with Gasteiger partial charge in [0.1, 0.15) is 5.82 Å². The molecule has 0 radical (unpaired) electrons. The van der Waals surface area contributed by atoms with Gasteiger partial charge in [-0.05, 0) is 116 Å². The first-order chi connectivity index (χ1) is 15.8. The van der Waals surface area contributed by atoms with Crippen LogP contribution in [0.5, 0.6) is 0 Å². The molecule has 1 saturated heterocycles. The zero-order chi connectivity index (χ0) is 23.2. The molecule has 33 heavy (non-hydrogen) atoms. The van der Waals surface area contributed by atoms with E-state index in [1.54, 1.807) is 6.07 Å². The van der Waals surface area contributed by atoms with Gasteiger partial charge in [-0.25, -0.2) is 17.9 Å². The van der Waals surface area contributed by atoms with Gasteiger partial charge in [-0.1, -0.05) is 29.8 Å². The third-order valence-electron chi connectivity index (χ3n) is 7.81. The standard InChI is InChI=1S/C26H32ClFN2O2S/c27-22-4-1-3-17(11-22)12-23-21(16-30-9-2-10-30)13-20-15-25(28)19(14-24(20)23)7-8-26(18-5-6-18)33(29,31)32/h1,3-4,11,14-15,18,21,23,26H,2,5-10,12-13,16H2,(H2,29,31,32). The molecule has 2 aromatic carbocycles. The van der Waals surface area contributed by atoms with Gasteiger partial charge in [-0.3, -0.25) is 0 Å². The first-order valence-electron chi connectivity index (χ1n) is 12.1. The van der Waals surface area contributed by atoms with Crippen LogP contribution in [0.3, 0.4) is 0 Å². The van der Waals surface area contributed by atoms with E-state index in [1.807, 2.05) is 24.3 Å². The van der Waals surface area contributed by atoms with Crippen molar-refractivity contribution in [2.24, 2.45) is 17.0 Å². The Morgan fingerprint density at radius 2 is 1.97 bits per heavy atom. The predicted molar refractivity (Wildman–Crippen MR) is 130 cm³/mol. The van der Waals surface area contributed by atoms with Gasteiger partial charge in [0.2, 0.25) is 10.0 Å². The van der Waals surface area contributed by atoms with Crippen LogP contribution in [-0.4, -0.2) is 38.2 Å².